The summed E-state index contributed by atoms with van der Waals surface area (Å²) in [5, 5.41) is 14.3. The number of aliphatic hydroxyl groups is 1. The van der Waals surface area contributed by atoms with Crippen LogP contribution in [0.5, 0.6) is 11.5 Å². The van der Waals surface area contributed by atoms with Gasteiger partial charge in [0.05, 0.1) is 19.3 Å². The number of hydrogen-bond donors (Lipinski definition) is 1. The number of benzene rings is 3. The van der Waals surface area contributed by atoms with Crippen LogP contribution < -0.4 is 9.47 Å². The van der Waals surface area contributed by atoms with E-state index in [9.17, 15) is 5.11 Å². The van der Waals surface area contributed by atoms with E-state index in [1.54, 1.807) is 6.92 Å². The van der Waals surface area contributed by atoms with Crippen molar-refractivity contribution in [1.82, 2.24) is 0 Å². The lowest BCUT2D eigenvalue weighted by Crippen LogP contribution is -2.02. The zero-order valence-electron chi connectivity index (χ0n) is 16.6. The van der Waals surface area contributed by atoms with Crippen molar-refractivity contribution in [3.63, 3.8) is 0 Å². The molecule has 0 saturated heterocycles. The first-order chi connectivity index (χ1) is 13.2. The molecule has 0 fully saturated rings. The van der Waals surface area contributed by atoms with E-state index < -0.39 is 6.10 Å². The summed E-state index contributed by atoms with van der Waals surface area (Å²) in [6.07, 6.45) is 3.71. The van der Waals surface area contributed by atoms with Gasteiger partial charge in [0, 0.05) is 21.5 Å². The van der Waals surface area contributed by atoms with E-state index in [-0.39, 0.29) is 0 Å². The van der Waals surface area contributed by atoms with Crippen molar-refractivity contribution in [2.75, 3.05) is 13.2 Å². The largest absolute Gasteiger partial charge is 0.492 e. The number of aliphatic hydroxyl groups excluding tert-OH is 1. The van der Waals surface area contributed by atoms with E-state index in [4.69, 9.17) is 9.47 Å². The van der Waals surface area contributed by atoms with Gasteiger partial charge in [0.1, 0.15) is 11.5 Å². The highest BCUT2D eigenvalue weighted by Gasteiger charge is 2.17. The fraction of sp³-hybridized carbons (Fsp3) is 0.417. The van der Waals surface area contributed by atoms with Gasteiger partial charge >= 0.3 is 0 Å². The van der Waals surface area contributed by atoms with Gasteiger partial charge in [-0.15, -0.1) is 0 Å². The third kappa shape index (κ3) is 4.19. The minimum atomic E-state index is -0.520. The summed E-state index contributed by atoms with van der Waals surface area (Å²) in [5.74, 6) is 1.80. The molecule has 144 valence electrons. The Balaban J connectivity index is 2.24. The highest BCUT2D eigenvalue weighted by molar-refractivity contribution is 6.11. The maximum absolute atomic E-state index is 10.1. The van der Waals surface area contributed by atoms with Crippen LogP contribution in [0.1, 0.15) is 58.1 Å². The first-order valence-corrected chi connectivity index (χ1v) is 10.1. The summed E-state index contributed by atoms with van der Waals surface area (Å²) in [6, 6.07) is 14.3. The average Bonchev–Trinajstić information content (AvgIpc) is 2.69. The summed E-state index contributed by atoms with van der Waals surface area (Å²) < 4.78 is 12.5. The molecule has 3 rings (SSSR count). The SMILES string of the molecule is CCCCOc1c2ccccc2c(OCCCC)c2cc(C(C)O)ccc12. The van der Waals surface area contributed by atoms with Crippen LogP contribution in [-0.2, 0) is 0 Å². The van der Waals surface area contributed by atoms with E-state index in [1.807, 2.05) is 24.3 Å². The molecule has 0 aliphatic rings. The molecule has 0 aromatic heterocycles. The minimum absolute atomic E-state index is 0.520. The van der Waals surface area contributed by atoms with E-state index >= 15 is 0 Å². The van der Waals surface area contributed by atoms with Crippen molar-refractivity contribution in [1.29, 1.82) is 0 Å². The first kappa shape index (κ1) is 19.5. The predicted octanol–water partition coefficient (Wildman–Crippen LogP) is 6.40. The lowest BCUT2D eigenvalue weighted by molar-refractivity contribution is 0.199. The molecule has 3 aromatic rings. The first-order valence-electron chi connectivity index (χ1n) is 10.1. The molecule has 0 spiro atoms. The predicted molar refractivity (Wildman–Crippen MR) is 113 cm³/mol. The summed E-state index contributed by atoms with van der Waals surface area (Å²) in [5.41, 5.74) is 0.887. The summed E-state index contributed by atoms with van der Waals surface area (Å²) in [7, 11) is 0. The Labute approximate surface area is 161 Å². The Morgan fingerprint density at radius 3 is 1.81 bits per heavy atom. The van der Waals surface area contributed by atoms with Gasteiger partial charge in [-0.3, -0.25) is 0 Å². The third-order valence-electron chi connectivity index (χ3n) is 4.92. The van der Waals surface area contributed by atoms with Gasteiger partial charge in [-0.1, -0.05) is 63.1 Å². The molecular formula is C24H30O3. The van der Waals surface area contributed by atoms with Gasteiger partial charge in [0.2, 0.25) is 0 Å². The van der Waals surface area contributed by atoms with Gasteiger partial charge in [-0.25, -0.2) is 0 Å². The highest BCUT2D eigenvalue weighted by atomic mass is 16.5. The molecule has 3 aromatic carbocycles. The number of ether oxygens (including phenoxy) is 2. The smallest absolute Gasteiger partial charge is 0.135 e. The fourth-order valence-electron chi connectivity index (χ4n) is 3.33. The highest BCUT2D eigenvalue weighted by Crippen LogP contribution is 2.43. The molecule has 3 nitrogen and oxygen atoms in total. The fourth-order valence-corrected chi connectivity index (χ4v) is 3.33. The zero-order valence-corrected chi connectivity index (χ0v) is 16.6. The van der Waals surface area contributed by atoms with Crippen LogP contribution in [0.15, 0.2) is 42.5 Å². The molecule has 0 bridgehead atoms. The Morgan fingerprint density at radius 2 is 1.30 bits per heavy atom. The molecule has 0 amide bonds. The molecule has 0 heterocycles. The van der Waals surface area contributed by atoms with Crippen LogP contribution in [0, 0.1) is 0 Å². The van der Waals surface area contributed by atoms with Gasteiger partial charge < -0.3 is 14.6 Å². The minimum Gasteiger partial charge on any atom is -0.492 e. The number of fused-ring (bicyclic) bond motifs is 2. The molecule has 1 N–H and O–H groups in total. The maximum Gasteiger partial charge on any atom is 0.135 e. The van der Waals surface area contributed by atoms with Crippen LogP contribution in [-0.4, -0.2) is 18.3 Å². The monoisotopic (exact) mass is 366 g/mol. The molecule has 0 radical (unpaired) electrons. The van der Waals surface area contributed by atoms with Crippen molar-refractivity contribution in [2.24, 2.45) is 0 Å². The van der Waals surface area contributed by atoms with E-state index in [2.05, 4.69) is 32.0 Å². The molecule has 3 heteroatoms. The Bertz CT molecular complexity index is 899. The molecule has 0 aliphatic heterocycles. The van der Waals surface area contributed by atoms with Crippen LogP contribution in [0.3, 0.4) is 0 Å². The second-order valence-corrected chi connectivity index (χ2v) is 7.09. The zero-order chi connectivity index (χ0) is 19.2. The molecule has 0 saturated carbocycles. The van der Waals surface area contributed by atoms with Gasteiger partial charge in [-0.2, -0.15) is 0 Å². The van der Waals surface area contributed by atoms with E-state index in [0.29, 0.717) is 13.2 Å². The topological polar surface area (TPSA) is 38.7 Å². The van der Waals surface area contributed by atoms with Crippen molar-refractivity contribution in [2.45, 2.75) is 52.6 Å². The van der Waals surface area contributed by atoms with Crippen LogP contribution in [0.25, 0.3) is 21.5 Å². The quantitative estimate of drug-likeness (QED) is 0.351. The lowest BCUT2D eigenvalue weighted by Gasteiger charge is -2.19. The number of unbranched alkanes of at least 4 members (excludes halogenated alkanes) is 2. The molecule has 27 heavy (non-hydrogen) atoms. The van der Waals surface area contributed by atoms with Gasteiger partial charge in [-0.05, 0) is 31.4 Å². The number of rotatable bonds is 9. The third-order valence-corrected chi connectivity index (χ3v) is 4.92. The van der Waals surface area contributed by atoms with E-state index in [1.165, 1.54) is 0 Å². The second kappa shape index (κ2) is 9.09. The Kier molecular flexibility index (Phi) is 6.57. The van der Waals surface area contributed by atoms with Crippen LogP contribution in [0.2, 0.25) is 0 Å². The normalized spacial score (nSPS) is 12.4. The van der Waals surface area contributed by atoms with E-state index in [0.717, 1.165) is 64.3 Å². The lowest BCUT2D eigenvalue weighted by atomic mass is 9.97. The summed E-state index contributed by atoms with van der Waals surface area (Å²) in [4.78, 5) is 0. The van der Waals surface area contributed by atoms with Crippen LogP contribution in [0.4, 0.5) is 0 Å². The molecule has 1 unspecified atom stereocenters. The van der Waals surface area contributed by atoms with Crippen molar-refractivity contribution >= 4 is 21.5 Å². The molecular weight excluding hydrogens is 336 g/mol. The second-order valence-electron chi connectivity index (χ2n) is 7.09. The Morgan fingerprint density at radius 1 is 0.778 bits per heavy atom. The average molecular weight is 367 g/mol. The molecule has 0 aliphatic carbocycles. The van der Waals surface area contributed by atoms with Crippen molar-refractivity contribution < 1.29 is 14.6 Å². The van der Waals surface area contributed by atoms with Gasteiger partial charge in [0.25, 0.3) is 0 Å². The summed E-state index contributed by atoms with van der Waals surface area (Å²) >= 11 is 0. The van der Waals surface area contributed by atoms with Gasteiger partial charge in [0.15, 0.2) is 0 Å². The number of hydrogen-bond acceptors (Lipinski definition) is 3. The molecule has 1 atom stereocenters. The van der Waals surface area contributed by atoms with Crippen molar-refractivity contribution in [3.05, 3.63) is 48.0 Å². The maximum atomic E-state index is 10.1. The Hall–Kier alpha value is -2.26. The summed E-state index contributed by atoms with van der Waals surface area (Å²) in [6.45, 7) is 7.50. The van der Waals surface area contributed by atoms with Crippen LogP contribution >= 0.6 is 0 Å². The van der Waals surface area contributed by atoms with Crippen molar-refractivity contribution in [3.8, 4) is 11.5 Å². The standard InChI is InChI=1S/C24H30O3/c1-4-6-14-26-23-19-10-8-9-11-20(19)24(27-15-7-5-2)22-16-18(17(3)25)12-13-21(22)23/h8-13,16-17,25H,4-7,14-15H2,1-3H3.